The zero-order chi connectivity index (χ0) is 24.9. The number of nitrogens with one attached hydrogen (secondary N) is 1. The van der Waals surface area contributed by atoms with E-state index in [4.69, 9.17) is 33.0 Å². The molecule has 0 aliphatic heterocycles. The summed E-state index contributed by atoms with van der Waals surface area (Å²) in [6, 6.07) is 4.64. The van der Waals surface area contributed by atoms with Gasteiger partial charge < -0.3 is 14.8 Å². The normalized spacial score (nSPS) is 19.4. The smallest absolute Gasteiger partial charge is 0.269 e. The Kier molecular flexibility index (Phi) is 8.60. The molecule has 1 aliphatic carbocycles. The van der Waals surface area contributed by atoms with Crippen LogP contribution in [0, 0.1) is 5.92 Å². The van der Waals surface area contributed by atoms with Crippen molar-refractivity contribution < 1.29 is 23.0 Å². The summed E-state index contributed by atoms with van der Waals surface area (Å²) in [5, 5.41) is 1.22. The molecule has 2 heterocycles. The van der Waals surface area contributed by atoms with Gasteiger partial charge in [0, 0.05) is 24.5 Å². The fraction of sp³-hybridized carbons (Fsp3) is 0.522. The number of hydrogen-bond donors (Lipinski definition) is 1. The van der Waals surface area contributed by atoms with Crippen LogP contribution in [0.25, 0.3) is 0 Å². The van der Waals surface area contributed by atoms with Gasteiger partial charge in [-0.2, -0.15) is 0 Å². The Labute approximate surface area is 202 Å². The summed E-state index contributed by atoms with van der Waals surface area (Å²) < 4.78 is 37.5. The fourth-order valence-corrected chi connectivity index (χ4v) is 4.60. The van der Waals surface area contributed by atoms with E-state index in [0.29, 0.717) is 11.1 Å². The fourth-order valence-electron chi connectivity index (χ4n) is 4.60. The molecule has 11 heteroatoms. The van der Waals surface area contributed by atoms with Gasteiger partial charge in [0.15, 0.2) is 0 Å². The molecule has 34 heavy (non-hydrogen) atoms. The second-order valence-electron chi connectivity index (χ2n) is 8.56. The maximum atomic E-state index is 13.7. The Morgan fingerprint density at radius 2 is 1.88 bits per heavy atom. The first-order chi connectivity index (χ1) is 16.1. The number of halogens is 2. The molecule has 2 aromatic rings. The molecule has 1 fully saturated rings. The third-order valence-electron chi connectivity index (χ3n) is 6.22. The molecule has 1 N–H and O–H groups in total. The van der Waals surface area contributed by atoms with Gasteiger partial charge in [0.1, 0.15) is 23.5 Å². The van der Waals surface area contributed by atoms with Crippen LogP contribution < -0.4 is 14.8 Å². The third kappa shape index (κ3) is 6.51. The molecule has 2 aromatic heterocycles. The number of alkyl halides is 2. The number of carbonyl (C=O) groups is 1. The van der Waals surface area contributed by atoms with Crippen molar-refractivity contribution in [3.05, 3.63) is 47.3 Å². The number of aromatic nitrogens is 2. The molecule has 1 aliphatic rings. The minimum atomic E-state index is -2.65. The van der Waals surface area contributed by atoms with Crippen LogP contribution >= 0.6 is 0 Å². The zero-order valence-electron chi connectivity index (χ0n) is 19.3. The molecule has 6 radical (unpaired) electrons. The molecule has 1 atom stereocenters. The molecule has 1 unspecified atom stereocenters. The highest BCUT2D eigenvalue weighted by atomic mass is 19.3. The average molecular weight is 463 g/mol. The van der Waals surface area contributed by atoms with Crippen molar-refractivity contribution in [2.24, 2.45) is 5.92 Å². The Balaban J connectivity index is 1.62. The van der Waals surface area contributed by atoms with Gasteiger partial charge in [0.25, 0.3) is 12.3 Å². The van der Waals surface area contributed by atoms with Crippen LogP contribution in [-0.2, 0) is 0 Å². The number of rotatable bonds is 9. The van der Waals surface area contributed by atoms with Crippen LogP contribution in [0.15, 0.2) is 30.6 Å². The summed E-state index contributed by atoms with van der Waals surface area (Å²) in [5.41, 5.74) is 0.841. The van der Waals surface area contributed by atoms with E-state index in [-0.39, 0.29) is 41.1 Å². The summed E-state index contributed by atoms with van der Waals surface area (Å²) in [6.07, 6.45) is 4.09. The summed E-state index contributed by atoms with van der Waals surface area (Å²) in [4.78, 5) is 20.7. The standard InChI is InChI=1S/C23H26B3F2N3O3/c1-3-17(31-21(32)15-8-9-18(30-12-15)34-23(24,25)26)14-6-4-13(5-7-14)16-10-11-29-22(33-2)19(16)20(27)28/h8-14,17,20H,3-7H2,1-2H3,(H,31,32). The maximum absolute atomic E-state index is 13.7. The van der Waals surface area contributed by atoms with Gasteiger partial charge >= 0.3 is 0 Å². The summed E-state index contributed by atoms with van der Waals surface area (Å²) in [7, 11) is 17.5. The van der Waals surface area contributed by atoms with E-state index < -0.39 is 11.7 Å². The lowest BCUT2D eigenvalue weighted by Crippen LogP contribution is -2.41. The molecule has 6 nitrogen and oxygen atoms in total. The van der Waals surface area contributed by atoms with Crippen LogP contribution in [0.5, 0.6) is 11.8 Å². The van der Waals surface area contributed by atoms with E-state index in [1.807, 2.05) is 6.92 Å². The zero-order valence-corrected chi connectivity index (χ0v) is 19.3. The van der Waals surface area contributed by atoms with Crippen molar-refractivity contribution in [1.82, 2.24) is 15.3 Å². The van der Waals surface area contributed by atoms with Crippen LogP contribution in [0.1, 0.15) is 72.9 Å². The van der Waals surface area contributed by atoms with Gasteiger partial charge in [0.2, 0.25) is 11.8 Å². The van der Waals surface area contributed by atoms with E-state index >= 15 is 0 Å². The summed E-state index contributed by atoms with van der Waals surface area (Å²) >= 11 is 0. The van der Waals surface area contributed by atoms with E-state index in [0.717, 1.165) is 32.1 Å². The van der Waals surface area contributed by atoms with Crippen molar-refractivity contribution in [2.45, 2.75) is 62.7 Å². The van der Waals surface area contributed by atoms with Crippen molar-refractivity contribution in [3.63, 3.8) is 0 Å². The predicted molar refractivity (Wildman–Crippen MR) is 127 cm³/mol. The van der Waals surface area contributed by atoms with Crippen LogP contribution in [0.4, 0.5) is 8.78 Å². The van der Waals surface area contributed by atoms with Gasteiger partial charge in [-0.15, -0.1) is 0 Å². The number of ether oxygens (including phenoxy) is 2. The molecule has 174 valence electrons. The van der Waals surface area contributed by atoms with E-state index in [1.165, 1.54) is 25.6 Å². The minimum absolute atomic E-state index is 0.00172. The van der Waals surface area contributed by atoms with Crippen molar-refractivity contribution in [1.29, 1.82) is 0 Å². The van der Waals surface area contributed by atoms with E-state index in [2.05, 4.69) is 15.3 Å². The van der Waals surface area contributed by atoms with Gasteiger partial charge in [-0.1, -0.05) is 6.92 Å². The molecular formula is C23H26B3F2N3O3. The lowest BCUT2D eigenvalue weighted by atomic mass is 9.52. The molecule has 1 amide bonds. The molecule has 0 saturated heterocycles. The highest BCUT2D eigenvalue weighted by molar-refractivity contribution is 6.58. The van der Waals surface area contributed by atoms with Gasteiger partial charge in [-0.25, -0.2) is 18.7 Å². The van der Waals surface area contributed by atoms with Crippen LogP contribution in [0.3, 0.4) is 0 Å². The highest BCUT2D eigenvalue weighted by Crippen LogP contribution is 2.42. The molecule has 0 aromatic carbocycles. The maximum Gasteiger partial charge on any atom is 0.269 e. The lowest BCUT2D eigenvalue weighted by molar-refractivity contribution is 0.0908. The number of amides is 1. The highest BCUT2D eigenvalue weighted by Gasteiger charge is 2.32. The Morgan fingerprint density at radius 1 is 1.18 bits per heavy atom. The number of pyridine rings is 2. The van der Waals surface area contributed by atoms with Crippen molar-refractivity contribution in [3.8, 4) is 11.8 Å². The van der Waals surface area contributed by atoms with Gasteiger partial charge in [-0.05, 0) is 66.9 Å². The Hall–Kier alpha value is -2.58. The number of hydrogen-bond acceptors (Lipinski definition) is 5. The summed E-state index contributed by atoms with van der Waals surface area (Å²) in [6.45, 7) is 2.01. The van der Waals surface area contributed by atoms with Crippen LogP contribution in [-0.4, -0.2) is 57.9 Å². The minimum Gasteiger partial charge on any atom is -0.501 e. The number of methoxy groups -OCH3 is 1. The molecular weight excluding hydrogens is 437 g/mol. The number of carbonyl (C=O) groups excluding carboxylic acids is 1. The molecule has 0 spiro atoms. The lowest BCUT2D eigenvalue weighted by Gasteiger charge is -2.34. The first-order valence-electron chi connectivity index (χ1n) is 11.3. The van der Waals surface area contributed by atoms with Crippen LogP contribution in [0.2, 0.25) is 0 Å². The van der Waals surface area contributed by atoms with Crippen molar-refractivity contribution >= 4 is 29.4 Å². The molecule has 3 rings (SSSR count). The largest absolute Gasteiger partial charge is 0.501 e. The monoisotopic (exact) mass is 463 g/mol. The van der Waals surface area contributed by atoms with E-state index in [9.17, 15) is 13.6 Å². The quantitative estimate of drug-likeness (QED) is 0.578. The topological polar surface area (TPSA) is 73.3 Å². The second-order valence-corrected chi connectivity index (χ2v) is 8.56. The SMILES string of the molecule is [B]C([B])([B])Oc1ccc(C(=O)NC(CC)C2CCC(c3ccnc(OC)c3C(F)F)CC2)cn1. The summed E-state index contributed by atoms with van der Waals surface area (Å²) in [5.74, 6) is 0.0684. The third-order valence-corrected chi connectivity index (χ3v) is 6.22. The van der Waals surface area contributed by atoms with E-state index in [1.54, 1.807) is 12.1 Å². The van der Waals surface area contributed by atoms with Crippen molar-refractivity contribution in [2.75, 3.05) is 7.11 Å². The Morgan fingerprint density at radius 3 is 2.41 bits per heavy atom. The first kappa shape index (κ1) is 26.0. The predicted octanol–water partition coefficient (Wildman–Crippen LogP) is 3.40. The first-order valence-corrected chi connectivity index (χ1v) is 11.3. The second kappa shape index (κ2) is 11.2. The number of nitrogens with zero attached hydrogens (tertiary/aromatic N) is 2. The average Bonchev–Trinajstić information content (AvgIpc) is 2.81. The molecule has 1 saturated carbocycles. The van der Waals surface area contributed by atoms with Gasteiger partial charge in [0.05, 0.1) is 18.2 Å². The molecule has 0 bridgehead atoms. The van der Waals surface area contributed by atoms with Gasteiger partial charge in [-0.3, -0.25) is 4.79 Å². The Bertz CT molecular complexity index is 966.